The van der Waals surface area contributed by atoms with Crippen molar-refractivity contribution >= 4 is 30.1 Å². The Morgan fingerprint density at radius 2 is 2.24 bits per heavy atom. The van der Waals surface area contributed by atoms with E-state index in [9.17, 15) is 4.79 Å². The van der Waals surface area contributed by atoms with Gasteiger partial charge in [0.2, 0.25) is 5.91 Å². The van der Waals surface area contributed by atoms with Crippen LogP contribution in [-0.2, 0) is 10.5 Å². The second-order valence-corrected chi connectivity index (χ2v) is 6.66. The van der Waals surface area contributed by atoms with Gasteiger partial charge in [-0.3, -0.25) is 4.79 Å². The minimum absolute atomic E-state index is 0. The topological polar surface area (TPSA) is 54.3 Å². The normalized spacial score (nSPS) is 17.0. The summed E-state index contributed by atoms with van der Waals surface area (Å²) < 4.78 is 5.27. The summed E-state index contributed by atoms with van der Waals surface area (Å²) in [5, 5.41) is 6.38. The molecule has 4 nitrogen and oxygen atoms in total. The van der Waals surface area contributed by atoms with Gasteiger partial charge in [0, 0.05) is 12.0 Å². The zero-order chi connectivity index (χ0) is 14.3. The molecule has 21 heavy (non-hydrogen) atoms. The van der Waals surface area contributed by atoms with Gasteiger partial charge in [0.25, 0.3) is 0 Å². The molecule has 0 aliphatic carbocycles. The van der Waals surface area contributed by atoms with Gasteiger partial charge >= 0.3 is 0 Å². The van der Waals surface area contributed by atoms with Gasteiger partial charge in [0.05, 0.1) is 12.0 Å². The monoisotopic (exact) mass is 332 g/mol. The van der Waals surface area contributed by atoms with Crippen LogP contribution in [0.3, 0.4) is 0 Å². The van der Waals surface area contributed by atoms with Crippen LogP contribution in [0.2, 0.25) is 0 Å². The Hall–Kier alpha value is -0.650. The third-order valence-electron chi connectivity index (χ3n) is 3.83. The Balaban J connectivity index is 0.00000220. The van der Waals surface area contributed by atoms with E-state index in [2.05, 4.69) is 17.6 Å². The molecule has 0 aromatic carbocycles. The minimum Gasteiger partial charge on any atom is -0.468 e. The maximum Gasteiger partial charge on any atom is 0.226 e. The molecule has 1 aliphatic rings. The molecule has 120 valence electrons. The minimum atomic E-state index is -0.174. The maximum absolute atomic E-state index is 12.2. The Bertz CT molecular complexity index is 406. The van der Waals surface area contributed by atoms with Crippen LogP contribution in [0.15, 0.2) is 22.8 Å². The summed E-state index contributed by atoms with van der Waals surface area (Å²) in [5.74, 6) is 3.18. The molecule has 2 rings (SSSR count). The number of thioether (sulfide) groups is 1. The number of piperidine rings is 1. The fourth-order valence-electron chi connectivity index (χ4n) is 2.36. The predicted molar refractivity (Wildman–Crippen MR) is 90.0 cm³/mol. The van der Waals surface area contributed by atoms with Gasteiger partial charge in [0.1, 0.15) is 5.76 Å². The van der Waals surface area contributed by atoms with E-state index in [1.165, 1.54) is 0 Å². The number of halogens is 1. The summed E-state index contributed by atoms with van der Waals surface area (Å²) >= 11 is 1.84. The molecule has 1 amide bonds. The quantitative estimate of drug-likeness (QED) is 0.754. The second kappa shape index (κ2) is 9.38. The van der Waals surface area contributed by atoms with Crippen molar-refractivity contribution in [1.82, 2.24) is 10.6 Å². The molecule has 0 bridgehead atoms. The summed E-state index contributed by atoms with van der Waals surface area (Å²) in [6.45, 7) is 4.74. The van der Waals surface area contributed by atoms with E-state index >= 15 is 0 Å². The van der Waals surface area contributed by atoms with Crippen molar-refractivity contribution in [1.29, 1.82) is 0 Å². The van der Waals surface area contributed by atoms with Crippen LogP contribution in [0.1, 0.15) is 31.9 Å². The highest BCUT2D eigenvalue weighted by molar-refractivity contribution is 7.98. The van der Waals surface area contributed by atoms with Gasteiger partial charge < -0.3 is 15.1 Å². The van der Waals surface area contributed by atoms with Gasteiger partial charge in [-0.05, 0) is 50.2 Å². The van der Waals surface area contributed by atoms with Crippen LogP contribution >= 0.6 is 24.2 Å². The van der Waals surface area contributed by atoms with E-state index < -0.39 is 0 Å². The van der Waals surface area contributed by atoms with Gasteiger partial charge in [-0.2, -0.15) is 11.8 Å². The number of furan rings is 1. The summed E-state index contributed by atoms with van der Waals surface area (Å²) in [6, 6.07) is 3.91. The first kappa shape index (κ1) is 18.4. The summed E-state index contributed by atoms with van der Waals surface area (Å²) in [5.41, 5.74) is -0.174. The van der Waals surface area contributed by atoms with Crippen molar-refractivity contribution in [3.8, 4) is 0 Å². The molecule has 0 atom stereocenters. The van der Waals surface area contributed by atoms with Crippen molar-refractivity contribution in [3.63, 3.8) is 0 Å². The van der Waals surface area contributed by atoms with Crippen molar-refractivity contribution in [2.45, 2.75) is 31.9 Å². The van der Waals surface area contributed by atoms with E-state index in [4.69, 9.17) is 4.42 Å². The van der Waals surface area contributed by atoms with Crippen molar-refractivity contribution in [3.05, 3.63) is 24.2 Å². The molecule has 0 radical (unpaired) electrons. The van der Waals surface area contributed by atoms with E-state index in [0.29, 0.717) is 0 Å². The molecule has 1 fully saturated rings. The lowest BCUT2D eigenvalue weighted by Crippen LogP contribution is -2.46. The number of hydrogen-bond acceptors (Lipinski definition) is 4. The van der Waals surface area contributed by atoms with E-state index in [0.717, 1.165) is 56.2 Å². The molecule has 6 heteroatoms. The summed E-state index contributed by atoms with van der Waals surface area (Å²) in [4.78, 5) is 12.2. The fraction of sp³-hybridized carbons (Fsp3) is 0.667. The first-order valence-electron chi connectivity index (χ1n) is 7.30. The highest BCUT2D eigenvalue weighted by Gasteiger charge is 2.33. The number of carbonyl (C=O) groups excluding carboxylic acids is 1. The molecular formula is C15H25ClN2O2S. The Labute approximate surface area is 137 Å². The summed E-state index contributed by atoms with van der Waals surface area (Å²) in [6.07, 6.45) is 4.58. The molecule has 1 saturated heterocycles. The lowest BCUT2D eigenvalue weighted by molar-refractivity contribution is -0.131. The maximum atomic E-state index is 12.2. The highest BCUT2D eigenvalue weighted by atomic mass is 35.5. The third-order valence-corrected chi connectivity index (χ3v) is 4.90. The molecule has 0 unspecified atom stereocenters. The van der Waals surface area contributed by atoms with Crippen molar-refractivity contribution in [2.75, 3.05) is 25.4 Å². The molecule has 0 spiro atoms. The summed E-state index contributed by atoms with van der Waals surface area (Å²) in [7, 11) is 0. The van der Waals surface area contributed by atoms with Gasteiger partial charge in [0.15, 0.2) is 0 Å². The lowest BCUT2D eigenvalue weighted by atomic mass is 9.80. The van der Waals surface area contributed by atoms with Crippen LogP contribution in [0, 0.1) is 5.41 Å². The van der Waals surface area contributed by atoms with Crippen molar-refractivity contribution in [2.24, 2.45) is 5.41 Å². The lowest BCUT2D eigenvalue weighted by Gasteiger charge is -2.32. The van der Waals surface area contributed by atoms with Crippen LogP contribution in [0.5, 0.6) is 0 Å². The zero-order valence-electron chi connectivity index (χ0n) is 12.5. The van der Waals surface area contributed by atoms with Crippen LogP contribution in [0.25, 0.3) is 0 Å². The molecule has 0 saturated carbocycles. The Morgan fingerprint density at radius 3 is 2.90 bits per heavy atom. The smallest absolute Gasteiger partial charge is 0.226 e. The highest BCUT2D eigenvalue weighted by Crippen LogP contribution is 2.27. The average Bonchev–Trinajstić information content (AvgIpc) is 2.96. The average molecular weight is 333 g/mol. The number of nitrogens with one attached hydrogen (secondary N) is 2. The van der Waals surface area contributed by atoms with Crippen molar-refractivity contribution < 1.29 is 9.21 Å². The first-order chi connectivity index (χ1) is 9.71. The SMILES string of the molecule is CC1(C(=O)NCCCSCc2ccco2)CCNCC1.Cl. The largest absolute Gasteiger partial charge is 0.468 e. The zero-order valence-corrected chi connectivity index (χ0v) is 14.2. The van der Waals surface area contributed by atoms with Crippen LogP contribution in [-0.4, -0.2) is 31.3 Å². The molecule has 1 aliphatic heterocycles. The van der Waals surface area contributed by atoms with Gasteiger partial charge in [-0.1, -0.05) is 6.92 Å². The number of rotatable bonds is 7. The molecule has 2 N–H and O–H groups in total. The molecule has 1 aromatic heterocycles. The van der Waals surface area contributed by atoms with Gasteiger partial charge in [-0.25, -0.2) is 0 Å². The van der Waals surface area contributed by atoms with Crippen LogP contribution < -0.4 is 10.6 Å². The number of amides is 1. The number of hydrogen-bond donors (Lipinski definition) is 2. The predicted octanol–water partition coefficient (Wildman–Crippen LogP) is 2.83. The standard InChI is InChI=1S/C15H24N2O2S.ClH/c1-15(5-8-16-9-6-15)14(18)17-7-3-11-20-12-13-4-2-10-19-13;/h2,4,10,16H,3,5-9,11-12H2,1H3,(H,17,18);1H. The number of carbonyl (C=O) groups is 1. The fourth-order valence-corrected chi connectivity index (χ4v) is 3.22. The van der Waals surface area contributed by atoms with Gasteiger partial charge in [-0.15, -0.1) is 12.4 Å². The van der Waals surface area contributed by atoms with E-state index in [1.807, 2.05) is 23.9 Å². The molecule has 1 aromatic rings. The Kier molecular flexibility index (Phi) is 8.22. The first-order valence-corrected chi connectivity index (χ1v) is 8.45. The van der Waals surface area contributed by atoms with E-state index in [-0.39, 0.29) is 23.7 Å². The van der Waals surface area contributed by atoms with E-state index in [1.54, 1.807) is 6.26 Å². The molecular weight excluding hydrogens is 308 g/mol. The third kappa shape index (κ3) is 5.93. The Morgan fingerprint density at radius 1 is 1.48 bits per heavy atom. The molecule has 2 heterocycles. The van der Waals surface area contributed by atoms with Crippen LogP contribution in [0.4, 0.5) is 0 Å². The second-order valence-electron chi connectivity index (χ2n) is 5.55.